The van der Waals surface area contributed by atoms with Crippen molar-refractivity contribution in [2.75, 3.05) is 7.11 Å². The van der Waals surface area contributed by atoms with Crippen molar-refractivity contribution in [3.63, 3.8) is 0 Å². The van der Waals surface area contributed by atoms with Crippen molar-refractivity contribution in [2.24, 2.45) is 0 Å². The summed E-state index contributed by atoms with van der Waals surface area (Å²) in [6.45, 7) is 0.120. The molecule has 4 rings (SSSR count). The van der Waals surface area contributed by atoms with Crippen LogP contribution in [0.25, 0.3) is 11.4 Å². The Morgan fingerprint density at radius 2 is 2.07 bits per heavy atom. The number of aryl methyl sites for hydroxylation is 1. The number of fused-ring (bicyclic) bond motifs is 1. The van der Waals surface area contributed by atoms with E-state index in [2.05, 4.69) is 33.7 Å². The van der Waals surface area contributed by atoms with Gasteiger partial charge < -0.3 is 10.1 Å². The largest absolute Gasteiger partial charge is 0.497 e. The van der Waals surface area contributed by atoms with Gasteiger partial charge >= 0.3 is 0 Å². The van der Waals surface area contributed by atoms with Crippen LogP contribution in [-0.2, 0) is 17.8 Å². The number of aromatic amines is 1. The highest BCUT2D eigenvalue weighted by molar-refractivity contribution is 7.71. The van der Waals surface area contributed by atoms with E-state index in [-0.39, 0.29) is 18.5 Å². The van der Waals surface area contributed by atoms with Crippen LogP contribution in [-0.4, -0.2) is 27.8 Å². The highest BCUT2D eigenvalue weighted by atomic mass is 32.1. The maximum absolute atomic E-state index is 12.8. The predicted octanol–water partition coefficient (Wildman–Crippen LogP) is 3.81. The van der Waals surface area contributed by atoms with Crippen molar-refractivity contribution >= 4 is 18.1 Å². The number of hydrogen-bond donors (Lipinski definition) is 2. The molecular formula is C21H22N4O2S. The summed E-state index contributed by atoms with van der Waals surface area (Å²) >= 11 is 5.35. The van der Waals surface area contributed by atoms with Crippen LogP contribution in [0.15, 0.2) is 48.5 Å². The van der Waals surface area contributed by atoms with E-state index in [0.717, 1.165) is 30.6 Å². The number of nitrogens with zero attached hydrogens (tertiary/aromatic N) is 2. The SMILES string of the molecule is COc1ccc(-c2n[nH]c(=S)n2CC(=O)NC2CCCc3ccccc32)cc1. The van der Waals surface area contributed by atoms with Gasteiger partial charge in [-0.3, -0.25) is 14.5 Å². The van der Waals surface area contributed by atoms with Crippen LogP contribution in [0.4, 0.5) is 0 Å². The summed E-state index contributed by atoms with van der Waals surface area (Å²) in [5.74, 6) is 1.32. The summed E-state index contributed by atoms with van der Waals surface area (Å²) < 4.78 is 7.34. The van der Waals surface area contributed by atoms with E-state index in [4.69, 9.17) is 17.0 Å². The number of hydrogen-bond acceptors (Lipinski definition) is 4. The molecule has 0 spiro atoms. The van der Waals surface area contributed by atoms with Crippen molar-refractivity contribution in [3.8, 4) is 17.1 Å². The molecular weight excluding hydrogens is 372 g/mol. The Balaban J connectivity index is 1.53. The van der Waals surface area contributed by atoms with Crippen LogP contribution in [0.1, 0.15) is 30.0 Å². The van der Waals surface area contributed by atoms with Crippen LogP contribution in [0.2, 0.25) is 0 Å². The van der Waals surface area contributed by atoms with Gasteiger partial charge in [0.15, 0.2) is 10.6 Å². The van der Waals surface area contributed by atoms with Gasteiger partial charge in [0.2, 0.25) is 5.91 Å². The molecule has 0 fully saturated rings. The van der Waals surface area contributed by atoms with Gasteiger partial charge in [0.1, 0.15) is 12.3 Å². The van der Waals surface area contributed by atoms with Crippen LogP contribution >= 0.6 is 12.2 Å². The third-order valence-corrected chi connectivity index (χ3v) is 5.42. The number of carbonyl (C=O) groups excluding carboxylic acids is 1. The van der Waals surface area contributed by atoms with Crippen molar-refractivity contribution < 1.29 is 9.53 Å². The summed E-state index contributed by atoms with van der Waals surface area (Å²) in [6.07, 6.45) is 3.09. The molecule has 1 atom stereocenters. The Hall–Kier alpha value is -2.93. The van der Waals surface area contributed by atoms with Crippen molar-refractivity contribution in [1.29, 1.82) is 0 Å². The van der Waals surface area contributed by atoms with E-state index in [0.29, 0.717) is 10.6 Å². The lowest BCUT2D eigenvalue weighted by atomic mass is 9.88. The van der Waals surface area contributed by atoms with E-state index < -0.39 is 0 Å². The Bertz CT molecular complexity index is 1040. The first-order valence-corrected chi connectivity index (χ1v) is 9.73. The maximum Gasteiger partial charge on any atom is 0.240 e. The lowest BCUT2D eigenvalue weighted by Gasteiger charge is -2.26. The minimum atomic E-state index is -0.0750. The van der Waals surface area contributed by atoms with Gasteiger partial charge in [-0.15, -0.1) is 0 Å². The molecule has 2 aromatic carbocycles. The van der Waals surface area contributed by atoms with Gasteiger partial charge in [0.25, 0.3) is 0 Å². The summed E-state index contributed by atoms with van der Waals surface area (Å²) in [5.41, 5.74) is 3.40. The van der Waals surface area contributed by atoms with E-state index in [1.807, 2.05) is 30.3 Å². The zero-order chi connectivity index (χ0) is 19.5. The predicted molar refractivity (Wildman–Crippen MR) is 110 cm³/mol. The molecule has 1 aliphatic rings. The van der Waals surface area contributed by atoms with Gasteiger partial charge in [0.05, 0.1) is 13.2 Å². The maximum atomic E-state index is 12.8. The number of ether oxygens (including phenoxy) is 1. The molecule has 0 saturated carbocycles. The Morgan fingerprint density at radius 3 is 2.86 bits per heavy atom. The molecule has 2 N–H and O–H groups in total. The number of H-pyrrole nitrogens is 1. The molecule has 0 aliphatic heterocycles. The minimum Gasteiger partial charge on any atom is -0.497 e. The molecule has 0 radical (unpaired) electrons. The zero-order valence-corrected chi connectivity index (χ0v) is 16.5. The van der Waals surface area contributed by atoms with Crippen LogP contribution < -0.4 is 10.1 Å². The Morgan fingerprint density at radius 1 is 1.29 bits per heavy atom. The summed E-state index contributed by atoms with van der Waals surface area (Å²) in [6, 6.07) is 15.9. The van der Waals surface area contributed by atoms with E-state index >= 15 is 0 Å². The Labute approximate surface area is 168 Å². The standard InChI is InChI=1S/C21H22N4O2S/c1-27-16-11-9-15(10-12-16)20-23-24-21(28)25(20)13-19(26)22-18-8-4-6-14-5-2-3-7-17(14)18/h2-3,5,7,9-12,18H,4,6,8,13H2,1H3,(H,22,26)(H,24,28). The van der Waals surface area contributed by atoms with E-state index in [1.54, 1.807) is 11.7 Å². The first kappa shape index (κ1) is 18.4. The number of methoxy groups -OCH3 is 1. The monoisotopic (exact) mass is 394 g/mol. The van der Waals surface area contributed by atoms with Gasteiger partial charge in [0, 0.05) is 5.56 Å². The number of carbonyl (C=O) groups is 1. The molecule has 3 aromatic rings. The lowest BCUT2D eigenvalue weighted by molar-refractivity contribution is -0.122. The lowest BCUT2D eigenvalue weighted by Crippen LogP contribution is -2.33. The Kier molecular flexibility index (Phi) is 5.25. The molecule has 1 aliphatic carbocycles. The quantitative estimate of drug-likeness (QED) is 0.646. The second-order valence-corrected chi connectivity index (χ2v) is 7.26. The fraction of sp³-hybridized carbons (Fsp3) is 0.286. The highest BCUT2D eigenvalue weighted by Gasteiger charge is 2.22. The van der Waals surface area contributed by atoms with Crippen molar-refractivity contribution in [3.05, 3.63) is 64.4 Å². The summed E-state index contributed by atoms with van der Waals surface area (Å²) in [5, 5.41) is 10.3. The minimum absolute atomic E-state index is 0.0444. The van der Waals surface area contributed by atoms with Crippen LogP contribution in [0, 0.1) is 4.77 Å². The molecule has 7 heteroatoms. The highest BCUT2D eigenvalue weighted by Crippen LogP contribution is 2.29. The number of benzene rings is 2. The first-order chi connectivity index (χ1) is 13.7. The second-order valence-electron chi connectivity index (χ2n) is 6.88. The van der Waals surface area contributed by atoms with Crippen molar-refractivity contribution in [2.45, 2.75) is 31.8 Å². The fourth-order valence-electron chi connectivity index (χ4n) is 3.71. The number of amides is 1. The third-order valence-electron chi connectivity index (χ3n) is 5.11. The van der Waals surface area contributed by atoms with Gasteiger partial charge in [-0.05, 0) is 66.9 Å². The molecule has 28 heavy (non-hydrogen) atoms. The summed E-state index contributed by atoms with van der Waals surface area (Å²) in [4.78, 5) is 12.8. The zero-order valence-electron chi connectivity index (χ0n) is 15.6. The normalized spacial score (nSPS) is 15.7. The first-order valence-electron chi connectivity index (χ1n) is 9.32. The molecule has 144 valence electrons. The molecule has 6 nitrogen and oxygen atoms in total. The van der Waals surface area contributed by atoms with Crippen LogP contribution in [0.5, 0.6) is 5.75 Å². The number of nitrogens with one attached hydrogen (secondary N) is 2. The van der Waals surface area contributed by atoms with Gasteiger partial charge in [-0.2, -0.15) is 5.10 Å². The molecule has 1 unspecified atom stereocenters. The average molecular weight is 395 g/mol. The fourth-order valence-corrected chi connectivity index (χ4v) is 3.91. The average Bonchev–Trinajstić information content (AvgIpc) is 3.08. The van der Waals surface area contributed by atoms with E-state index in [9.17, 15) is 4.79 Å². The van der Waals surface area contributed by atoms with E-state index in [1.165, 1.54) is 11.1 Å². The third kappa shape index (κ3) is 3.71. The smallest absolute Gasteiger partial charge is 0.240 e. The molecule has 0 saturated heterocycles. The number of aromatic nitrogens is 3. The number of rotatable bonds is 5. The second kappa shape index (κ2) is 7.98. The van der Waals surface area contributed by atoms with Gasteiger partial charge in [-0.1, -0.05) is 24.3 Å². The van der Waals surface area contributed by atoms with Crippen molar-refractivity contribution in [1.82, 2.24) is 20.1 Å². The topological polar surface area (TPSA) is 71.9 Å². The van der Waals surface area contributed by atoms with Crippen LogP contribution in [0.3, 0.4) is 0 Å². The van der Waals surface area contributed by atoms with Gasteiger partial charge in [-0.25, -0.2) is 0 Å². The molecule has 1 amide bonds. The molecule has 1 aromatic heterocycles. The molecule has 1 heterocycles. The molecule has 0 bridgehead atoms. The summed E-state index contributed by atoms with van der Waals surface area (Å²) in [7, 11) is 1.62.